The van der Waals surface area contributed by atoms with Crippen LogP contribution in [0.2, 0.25) is 0 Å². The molecule has 0 unspecified atom stereocenters. The first-order valence-electron chi connectivity index (χ1n) is 9.73. The standard InChI is InChI=1S/C21H32N2O3Si/c1-4-24-27(25-5-2,26-6-3)19-23(21-15-11-8-12-16-21)18-17-22-20-13-9-7-10-14-20/h7-16,22H,4-6,17-19H2,1-3H3. The summed E-state index contributed by atoms with van der Waals surface area (Å²) in [6.45, 7) is 9.34. The summed E-state index contributed by atoms with van der Waals surface area (Å²) in [4.78, 5) is 2.29. The molecule has 0 spiro atoms. The molecule has 0 aliphatic carbocycles. The minimum atomic E-state index is -2.77. The fraction of sp³-hybridized carbons (Fsp3) is 0.429. The lowest BCUT2D eigenvalue weighted by atomic mass is 10.3. The predicted molar refractivity (Wildman–Crippen MR) is 114 cm³/mol. The van der Waals surface area contributed by atoms with Crippen molar-refractivity contribution in [3.05, 3.63) is 60.7 Å². The van der Waals surface area contributed by atoms with Crippen molar-refractivity contribution in [1.29, 1.82) is 0 Å². The van der Waals surface area contributed by atoms with Crippen LogP contribution in [0.5, 0.6) is 0 Å². The van der Waals surface area contributed by atoms with Crippen LogP contribution in [-0.4, -0.2) is 47.9 Å². The largest absolute Gasteiger partial charge is 0.521 e. The van der Waals surface area contributed by atoms with E-state index in [2.05, 4.69) is 46.6 Å². The maximum atomic E-state index is 6.06. The molecule has 0 amide bonds. The molecule has 1 N–H and O–H groups in total. The van der Waals surface area contributed by atoms with Crippen LogP contribution in [0.25, 0.3) is 0 Å². The molecular weight excluding hydrogens is 356 g/mol. The highest BCUT2D eigenvalue weighted by Gasteiger charge is 2.42. The van der Waals surface area contributed by atoms with Gasteiger partial charge in [0, 0.05) is 44.3 Å². The third-order valence-corrected chi connectivity index (χ3v) is 7.04. The summed E-state index contributed by atoms with van der Waals surface area (Å²) in [5.41, 5.74) is 2.26. The van der Waals surface area contributed by atoms with Gasteiger partial charge in [-0.2, -0.15) is 0 Å². The quantitative estimate of drug-likeness (QED) is 0.521. The van der Waals surface area contributed by atoms with Gasteiger partial charge in [0.15, 0.2) is 0 Å². The van der Waals surface area contributed by atoms with Gasteiger partial charge in [0.2, 0.25) is 0 Å². The van der Waals surface area contributed by atoms with Gasteiger partial charge < -0.3 is 23.5 Å². The minimum Gasteiger partial charge on any atom is -0.383 e. The molecule has 0 saturated carbocycles. The van der Waals surface area contributed by atoms with Crippen LogP contribution >= 0.6 is 0 Å². The van der Waals surface area contributed by atoms with E-state index in [-0.39, 0.29) is 0 Å². The van der Waals surface area contributed by atoms with Crippen molar-refractivity contribution in [2.45, 2.75) is 20.8 Å². The van der Waals surface area contributed by atoms with Crippen molar-refractivity contribution in [2.24, 2.45) is 0 Å². The summed E-state index contributed by atoms with van der Waals surface area (Å²) in [6, 6.07) is 20.6. The zero-order valence-electron chi connectivity index (χ0n) is 16.7. The second-order valence-electron chi connectivity index (χ2n) is 6.03. The third kappa shape index (κ3) is 6.99. The molecular formula is C21H32N2O3Si. The number of nitrogens with one attached hydrogen (secondary N) is 1. The molecule has 0 bridgehead atoms. The molecule has 0 aliphatic heterocycles. The molecule has 0 radical (unpaired) electrons. The SMILES string of the molecule is CCO[Si](CN(CCNc1ccccc1)c1ccccc1)(OCC)OCC. The first-order valence-corrected chi connectivity index (χ1v) is 11.7. The number of anilines is 2. The topological polar surface area (TPSA) is 43.0 Å². The van der Waals surface area contributed by atoms with Crippen molar-refractivity contribution < 1.29 is 13.3 Å². The molecule has 6 heteroatoms. The normalized spacial score (nSPS) is 11.4. The first-order chi connectivity index (χ1) is 13.2. The van der Waals surface area contributed by atoms with Gasteiger partial charge in [-0.1, -0.05) is 36.4 Å². The van der Waals surface area contributed by atoms with Crippen LogP contribution in [0, 0.1) is 0 Å². The summed E-state index contributed by atoms with van der Waals surface area (Å²) in [6.07, 6.45) is 0.628. The molecule has 2 rings (SSSR count). The third-order valence-electron chi connectivity index (χ3n) is 4.08. The molecule has 0 saturated heterocycles. The maximum Gasteiger partial charge on any atom is 0.521 e. The van der Waals surface area contributed by atoms with Gasteiger partial charge >= 0.3 is 8.80 Å². The van der Waals surface area contributed by atoms with E-state index in [1.165, 1.54) is 0 Å². The van der Waals surface area contributed by atoms with Gasteiger partial charge in [0.05, 0.1) is 6.17 Å². The lowest BCUT2D eigenvalue weighted by Gasteiger charge is -2.35. The van der Waals surface area contributed by atoms with Crippen molar-refractivity contribution in [2.75, 3.05) is 49.3 Å². The number of rotatable bonds is 13. The maximum absolute atomic E-state index is 6.06. The Hall–Kier alpha value is -1.86. The molecule has 0 fully saturated rings. The molecule has 2 aromatic rings. The lowest BCUT2D eigenvalue weighted by molar-refractivity contribution is 0.0722. The highest BCUT2D eigenvalue weighted by atomic mass is 28.4. The average Bonchev–Trinajstić information content (AvgIpc) is 2.69. The highest BCUT2D eigenvalue weighted by Crippen LogP contribution is 2.19. The molecule has 0 heterocycles. The van der Waals surface area contributed by atoms with Gasteiger partial charge in [-0.3, -0.25) is 0 Å². The second-order valence-corrected chi connectivity index (χ2v) is 8.58. The van der Waals surface area contributed by atoms with Gasteiger partial charge in [-0.05, 0) is 45.0 Å². The summed E-state index contributed by atoms with van der Waals surface area (Å²) < 4.78 is 18.2. The van der Waals surface area contributed by atoms with Crippen LogP contribution in [0.1, 0.15) is 20.8 Å². The van der Waals surface area contributed by atoms with Gasteiger partial charge in [-0.15, -0.1) is 0 Å². The lowest BCUT2D eigenvalue weighted by Crippen LogP contribution is -2.56. The number of nitrogens with zero attached hydrogens (tertiary/aromatic N) is 1. The Morgan fingerprint density at radius 2 is 1.30 bits per heavy atom. The van der Waals surface area contributed by atoms with E-state index >= 15 is 0 Å². The smallest absolute Gasteiger partial charge is 0.383 e. The Morgan fingerprint density at radius 1 is 0.778 bits per heavy atom. The van der Waals surface area contributed by atoms with E-state index in [9.17, 15) is 0 Å². The van der Waals surface area contributed by atoms with Gasteiger partial charge in [0.25, 0.3) is 0 Å². The van der Waals surface area contributed by atoms with Crippen molar-refractivity contribution in [3.8, 4) is 0 Å². The Morgan fingerprint density at radius 3 is 1.81 bits per heavy atom. The molecule has 27 heavy (non-hydrogen) atoms. The average molecular weight is 389 g/mol. The highest BCUT2D eigenvalue weighted by molar-refractivity contribution is 6.61. The minimum absolute atomic E-state index is 0.580. The molecule has 5 nitrogen and oxygen atoms in total. The summed E-state index contributed by atoms with van der Waals surface area (Å²) >= 11 is 0. The number of benzene rings is 2. The molecule has 0 atom stereocenters. The zero-order valence-corrected chi connectivity index (χ0v) is 17.7. The molecule has 2 aromatic carbocycles. The Kier molecular flexibility index (Phi) is 9.34. The van der Waals surface area contributed by atoms with Crippen molar-refractivity contribution in [3.63, 3.8) is 0 Å². The second kappa shape index (κ2) is 11.8. The van der Waals surface area contributed by atoms with Crippen LogP contribution < -0.4 is 10.2 Å². The molecule has 0 aliphatic rings. The van der Waals surface area contributed by atoms with E-state index < -0.39 is 8.80 Å². The molecule has 0 aromatic heterocycles. The van der Waals surface area contributed by atoms with Crippen LogP contribution in [0.4, 0.5) is 11.4 Å². The van der Waals surface area contributed by atoms with Crippen LogP contribution in [0.15, 0.2) is 60.7 Å². The monoisotopic (exact) mass is 388 g/mol. The number of para-hydroxylation sites is 2. The van der Waals surface area contributed by atoms with E-state index in [4.69, 9.17) is 13.3 Å². The molecule has 148 valence electrons. The number of hydrogen-bond acceptors (Lipinski definition) is 5. The Bertz CT molecular complexity index is 611. The summed E-state index contributed by atoms with van der Waals surface area (Å²) in [7, 11) is -2.77. The predicted octanol–water partition coefficient (Wildman–Crippen LogP) is 4.19. The van der Waals surface area contributed by atoms with Crippen molar-refractivity contribution in [1.82, 2.24) is 0 Å². The van der Waals surface area contributed by atoms with Gasteiger partial charge in [0.1, 0.15) is 0 Å². The fourth-order valence-electron chi connectivity index (χ4n) is 2.98. The first kappa shape index (κ1) is 21.4. The Balaban J connectivity index is 2.12. The summed E-state index contributed by atoms with van der Waals surface area (Å²) in [5.74, 6) is 0. The van der Waals surface area contributed by atoms with Crippen LogP contribution in [0.3, 0.4) is 0 Å². The summed E-state index contributed by atoms with van der Waals surface area (Å²) in [5, 5.41) is 3.48. The van der Waals surface area contributed by atoms with E-state index in [1.54, 1.807) is 0 Å². The number of hydrogen-bond donors (Lipinski definition) is 1. The Labute approximate surface area is 164 Å². The van der Waals surface area contributed by atoms with Crippen molar-refractivity contribution >= 4 is 20.2 Å². The fourth-order valence-corrected chi connectivity index (χ4v) is 5.64. The van der Waals surface area contributed by atoms with Gasteiger partial charge in [-0.25, -0.2) is 0 Å². The van der Waals surface area contributed by atoms with Crippen LogP contribution in [-0.2, 0) is 13.3 Å². The van der Waals surface area contributed by atoms with E-state index in [1.807, 2.05) is 45.0 Å². The van der Waals surface area contributed by atoms with E-state index in [0.29, 0.717) is 26.0 Å². The zero-order chi connectivity index (χ0) is 19.4. The van der Waals surface area contributed by atoms with E-state index in [0.717, 1.165) is 24.5 Å².